The van der Waals surface area contributed by atoms with Crippen LogP contribution in [-0.2, 0) is 80.7 Å². The van der Waals surface area contributed by atoms with Crippen molar-refractivity contribution in [3.8, 4) is 0 Å². The van der Waals surface area contributed by atoms with Crippen molar-refractivity contribution in [2.75, 3.05) is 52.7 Å². The number of amides is 2. The van der Waals surface area contributed by atoms with E-state index in [0.29, 0.717) is 13.0 Å². The van der Waals surface area contributed by atoms with Gasteiger partial charge >= 0.3 is 0 Å². The molecule has 479 valence electrons. The highest BCUT2D eigenvalue weighted by molar-refractivity contribution is 5.83. The monoisotopic (exact) mass is 1230 g/mol. The first-order valence-electron chi connectivity index (χ1n) is 29.9. The van der Waals surface area contributed by atoms with Crippen LogP contribution in [0.5, 0.6) is 0 Å². The van der Waals surface area contributed by atoms with E-state index >= 15 is 0 Å². The molecule has 6 aliphatic heterocycles. The average Bonchev–Trinajstić information content (AvgIpc) is 0.854. The maximum Gasteiger partial charge on any atom is 0.269 e. The van der Waals surface area contributed by atoms with E-state index in [4.69, 9.17) is 17.0 Å². The molecule has 2 amide bonds. The van der Waals surface area contributed by atoms with Crippen molar-refractivity contribution in [3.63, 3.8) is 0 Å². The van der Waals surface area contributed by atoms with Crippen molar-refractivity contribution in [1.82, 2.24) is 31.9 Å². The third kappa shape index (κ3) is 19.3. The standard InChI is InChI=1S/C12H16N2O2.C12H18N2.C11H12N2O3.C11H14N2O2.C11H13NO.C8H7N.C4H8O.B.H3N/c1-12(2)11-8-10(14(15)16)5-4-9(11)6-7-13(12)3;1-12(2)11-8-10(13)5-4-9(11)6-7-14(12)3;1-11(2)9-6-8(13(15)16)4-3-7(9)5-10(14)12-11;1-11(2)10-7-9(13(14)15)4-3-8(10)5-6-12-11;1-11(2)9-6-4-3-5-8(9)7-10(13)12-11;1-9-7-8-5-3-2-4-6-8;1-2-4-5-3-1;;/h4-5,8H,6-7H2,1-3H3;4-5,8H,6-7,13H2,1-3H3;3-4,6H,5H2,1-2H3,(H,12,14);3-4,7,12H,5-6H2,1-2H3;3-6H,7H2,1-2H3,(H,12,13);2-6H,7H2;1-4H2;;1H3. The van der Waals surface area contributed by atoms with Gasteiger partial charge < -0.3 is 37.4 Å². The van der Waals surface area contributed by atoms with E-state index in [1.54, 1.807) is 30.3 Å². The third-order valence-electron chi connectivity index (χ3n) is 17.2. The van der Waals surface area contributed by atoms with Gasteiger partial charge in [0.2, 0.25) is 18.4 Å². The lowest BCUT2D eigenvalue weighted by atomic mass is 9.83. The first kappa shape index (κ1) is 74.1. The van der Waals surface area contributed by atoms with E-state index in [0.717, 1.165) is 91.2 Å². The number of fused-ring (bicyclic) bond motifs is 5. The summed E-state index contributed by atoms with van der Waals surface area (Å²) in [6.07, 6.45) is 6.40. The third-order valence-corrected chi connectivity index (χ3v) is 17.2. The van der Waals surface area contributed by atoms with Gasteiger partial charge in [-0.05, 0) is 190 Å². The van der Waals surface area contributed by atoms with Crippen molar-refractivity contribution in [2.45, 2.75) is 148 Å². The number of benzene rings is 6. The summed E-state index contributed by atoms with van der Waals surface area (Å²) >= 11 is 0. The van der Waals surface area contributed by atoms with Crippen LogP contribution < -0.4 is 27.8 Å². The number of carbonyl (C=O) groups excluding carboxylic acids is 2. The molecule has 6 heterocycles. The maximum atomic E-state index is 11.4. The number of anilines is 1. The summed E-state index contributed by atoms with van der Waals surface area (Å²) in [5, 5.41) is 41.3. The van der Waals surface area contributed by atoms with E-state index in [-0.39, 0.29) is 81.9 Å². The smallest absolute Gasteiger partial charge is 0.269 e. The first-order chi connectivity index (χ1) is 41.4. The number of hydrogen-bond donors (Lipinski definition) is 5. The van der Waals surface area contributed by atoms with Gasteiger partial charge in [-0.25, -0.2) is 6.57 Å². The Morgan fingerprint density at radius 3 is 1.40 bits per heavy atom. The van der Waals surface area contributed by atoms with E-state index in [2.05, 4.69) is 104 Å². The fourth-order valence-corrected chi connectivity index (χ4v) is 11.6. The van der Waals surface area contributed by atoms with Crippen molar-refractivity contribution in [1.29, 1.82) is 0 Å². The van der Waals surface area contributed by atoms with E-state index in [1.165, 1.54) is 52.8 Å². The number of nitro groups is 3. The largest absolute Gasteiger partial charge is 0.399 e. The lowest BCUT2D eigenvalue weighted by Crippen LogP contribution is -2.46. The minimum atomic E-state index is -0.545. The maximum absolute atomic E-state index is 11.4. The highest BCUT2D eigenvalue weighted by atomic mass is 16.6. The van der Waals surface area contributed by atoms with Gasteiger partial charge in [-0.1, -0.05) is 78.9 Å². The average molecular weight is 1230 g/mol. The molecule has 0 saturated carbocycles. The quantitative estimate of drug-likeness (QED) is 0.0361. The van der Waals surface area contributed by atoms with E-state index in [1.807, 2.05) is 94.4 Å². The first-order valence-corrected chi connectivity index (χ1v) is 29.9. The fraction of sp³-hybridized carbons (Fsp3) is 0.435. The number of rotatable bonds is 4. The Balaban J connectivity index is 0.000000227. The van der Waals surface area contributed by atoms with Crippen molar-refractivity contribution < 1.29 is 29.1 Å². The molecule has 90 heavy (non-hydrogen) atoms. The number of ether oxygens (including phenoxy) is 1. The van der Waals surface area contributed by atoms with E-state index < -0.39 is 10.5 Å². The van der Waals surface area contributed by atoms with Crippen LogP contribution in [0.15, 0.2) is 127 Å². The molecule has 0 aromatic heterocycles. The van der Waals surface area contributed by atoms with Crippen LogP contribution in [0.25, 0.3) is 4.85 Å². The zero-order valence-corrected chi connectivity index (χ0v) is 54.5. The molecular formula is C69H91BN11O9. The van der Waals surface area contributed by atoms with Crippen LogP contribution in [-0.4, -0.2) is 91.7 Å². The van der Waals surface area contributed by atoms with Gasteiger partial charge in [0, 0.05) is 99.0 Å². The van der Waals surface area contributed by atoms with Crippen molar-refractivity contribution >= 4 is 43.0 Å². The second-order valence-corrected chi connectivity index (χ2v) is 25.5. The Bertz CT molecular complexity index is 3500. The highest BCUT2D eigenvalue weighted by Gasteiger charge is 2.36. The lowest BCUT2D eigenvalue weighted by molar-refractivity contribution is -0.385. The second kappa shape index (κ2) is 31.9. The molecule has 12 rings (SSSR count). The number of nitrogens with two attached hydrogens (primary N) is 1. The number of likely N-dealkylation sites (N-methyl/N-ethyl adjacent to an activating group) is 2. The minimum absolute atomic E-state index is 0. The lowest BCUT2D eigenvalue weighted by Gasteiger charge is -2.41. The number of carbonyl (C=O) groups is 2. The summed E-state index contributed by atoms with van der Waals surface area (Å²) < 4.78 is 4.94. The van der Waals surface area contributed by atoms with Crippen molar-refractivity contribution in [2.24, 2.45) is 0 Å². The summed E-state index contributed by atoms with van der Waals surface area (Å²) in [4.78, 5) is 61.7. The Kier molecular flexibility index (Phi) is 26.2. The zero-order valence-electron chi connectivity index (χ0n) is 54.5. The molecule has 21 heteroatoms. The van der Waals surface area contributed by atoms with Crippen LogP contribution in [0.3, 0.4) is 0 Å². The molecule has 0 aliphatic carbocycles. The molecule has 0 atom stereocenters. The van der Waals surface area contributed by atoms with Gasteiger partial charge in [0.1, 0.15) is 0 Å². The predicted octanol–water partition coefficient (Wildman–Crippen LogP) is 12.1. The van der Waals surface area contributed by atoms with E-state index in [9.17, 15) is 39.9 Å². The molecule has 8 N–H and O–H groups in total. The number of nitrogen functional groups attached to an aromatic ring is 1. The summed E-state index contributed by atoms with van der Waals surface area (Å²) in [5.41, 5.74) is 18.7. The highest BCUT2D eigenvalue weighted by Crippen LogP contribution is 2.38. The van der Waals surface area contributed by atoms with Crippen LogP contribution in [0, 0.1) is 36.9 Å². The minimum Gasteiger partial charge on any atom is -0.399 e. The number of hydrogen-bond acceptors (Lipinski definition) is 14. The van der Waals surface area contributed by atoms with Gasteiger partial charge in [0.25, 0.3) is 17.1 Å². The summed E-state index contributed by atoms with van der Waals surface area (Å²) in [5.74, 6) is 0.0649. The van der Waals surface area contributed by atoms with Gasteiger partial charge in [0.05, 0.1) is 38.7 Å². The molecule has 0 bridgehead atoms. The van der Waals surface area contributed by atoms with Gasteiger partial charge in [0.15, 0.2) is 0 Å². The van der Waals surface area contributed by atoms with Gasteiger partial charge in [-0.3, -0.25) is 49.7 Å². The Morgan fingerprint density at radius 2 is 0.933 bits per heavy atom. The molecule has 20 nitrogen and oxygen atoms in total. The second-order valence-electron chi connectivity index (χ2n) is 25.5. The molecule has 0 unspecified atom stereocenters. The zero-order chi connectivity index (χ0) is 64.8. The molecule has 0 spiro atoms. The van der Waals surface area contributed by atoms with Crippen LogP contribution in [0.2, 0.25) is 0 Å². The number of nitrogens with zero attached hydrogens (tertiary/aromatic N) is 6. The summed E-state index contributed by atoms with van der Waals surface area (Å²) in [7, 11) is 4.23. The van der Waals surface area contributed by atoms with Crippen LogP contribution >= 0.6 is 0 Å². The van der Waals surface area contributed by atoms with Gasteiger partial charge in [-0.15, -0.1) is 0 Å². The molecule has 6 aliphatic rings. The number of nitro benzene ring substituents is 3. The van der Waals surface area contributed by atoms with Crippen LogP contribution in [0.4, 0.5) is 22.7 Å². The summed E-state index contributed by atoms with van der Waals surface area (Å²) in [6, 6.07) is 39.1. The molecule has 6 aromatic rings. The SMILES string of the molecule is C1CCOC1.CC1(C)NC(=O)Cc2ccc([N+](=O)[O-])cc21.CC1(C)NC(=O)Cc2ccccc21.CC1(C)NCCc2ccc([N+](=O)[O-])cc21.CN1CCc2ccc(N)cc2C1(C)C.CN1CCc2ccc([N+](=O)[O-])cc2C1(C)C.N.[B].[C-]#[N+]Cc1ccccc1. The molecule has 3 radical (unpaired) electrons. The Morgan fingerprint density at radius 1 is 0.533 bits per heavy atom. The summed E-state index contributed by atoms with van der Waals surface area (Å²) in [6.45, 7) is 32.7. The van der Waals surface area contributed by atoms with Crippen LogP contribution in [0.1, 0.15) is 143 Å². The molecule has 6 aromatic carbocycles. The Hall–Kier alpha value is -8.39. The Labute approximate surface area is 533 Å². The molecule has 1 saturated heterocycles. The molecular weight excluding hydrogens is 1140 g/mol. The normalized spacial score (nSPS) is 17.7. The predicted molar refractivity (Wildman–Crippen MR) is 357 cm³/mol. The molecule has 1 fully saturated rings. The van der Waals surface area contributed by atoms with Crippen molar-refractivity contribution in [3.05, 3.63) is 230 Å². The number of nitrogens with one attached hydrogen (secondary N) is 3. The fourth-order valence-electron chi connectivity index (χ4n) is 11.6. The van der Waals surface area contributed by atoms with Gasteiger partial charge in [-0.2, -0.15) is 0 Å². The number of non-ortho nitro benzene ring substituents is 3. The topological polar surface area (TPSA) is 281 Å².